The second kappa shape index (κ2) is 4.11. The van der Waals surface area contributed by atoms with Crippen LogP contribution in [0.4, 0.5) is 0 Å². The largest absolute Gasteiger partial charge is 0.507 e. The molecule has 2 N–H and O–H groups in total. The van der Waals surface area contributed by atoms with E-state index < -0.39 is 5.97 Å². The van der Waals surface area contributed by atoms with Gasteiger partial charge in [-0.15, -0.1) is 0 Å². The molecule has 0 amide bonds. The Labute approximate surface area is 82.4 Å². The molecule has 0 radical (unpaired) electrons. The van der Waals surface area contributed by atoms with Gasteiger partial charge in [0.1, 0.15) is 11.3 Å². The predicted octanol–water partition coefficient (Wildman–Crippen LogP) is 1.15. The molecule has 0 heterocycles. The number of aromatic carboxylic acids is 1. The number of hydrogen-bond acceptors (Lipinski definition) is 3. The first kappa shape index (κ1) is 10.5. The molecule has 0 bridgehead atoms. The molecule has 4 heteroatoms. The monoisotopic (exact) mass is 195 g/mol. The fourth-order valence-electron chi connectivity index (χ4n) is 1.23. The van der Waals surface area contributed by atoms with Gasteiger partial charge in [-0.05, 0) is 20.2 Å². The van der Waals surface area contributed by atoms with E-state index in [0.29, 0.717) is 12.1 Å². The molecule has 0 aromatic heterocycles. The van der Waals surface area contributed by atoms with E-state index in [-0.39, 0.29) is 11.3 Å². The summed E-state index contributed by atoms with van der Waals surface area (Å²) in [6, 6.07) is 4.72. The molecule has 1 rings (SSSR count). The highest BCUT2D eigenvalue weighted by atomic mass is 16.4. The van der Waals surface area contributed by atoms with E-state index in [1.165, 1.54) is 6.07 Å². The summed E-state index contributed by atoms with van der Waals surface area (Å²) in [4.78, 5) is 12.5. The third-order valence-corrected chi connectivity index (χ3v) is 1.84. The van der Waals surface area contributed by atoms with Crippen molar-refractivity contribution in [3.8, 4) is 5.75 Å². The van der Waals surface area contributed by atoms with Gasteiger partial charge in [-0.25, -0.2) is 4.79 Å². The van der Waals surface area contributed by atoms with E-state index >= 15 is 0 Å². The van der Waals surface area contributed by atoms with Gasteiger partial charge in [-0.3, -0.25) is 0 Å². The molecule has 0 aliphatic rings. The van der Waals surface area contributed by atoms with E-state index in [9.17, 15) is 9.90 Å². The molecule has 0 fully saturated rings. The van der Waals surface area contributed by atoms with E-state index in [1.807, 2.05) is 19.0 Å². The van der Waals surface area contributed by atoms with Crippen LogP contribution in [0, 0.1) is 0 Å². The first-order valence-electron chi connectivity index (χ1n) is 4.21. The number of benzene rings is 1. The van der Waals surface area contributed by atoms with E-state index in [2.05, 4.69) is 0 Å². The molecule has 0 spiro atoms. The predicted molar refractivity (Wildman–Crippen MR) is 52.5 cm³/mol. The Kier molecular flexibility index (Phi) is 3.09. The Hall–Kier alpha value is -1.55. The molecule has 0 saturated heterocycles. The molecule has 0 aliphatic carbocycles. The van der Waals surface area contributed by atoms with Crippen LogP contribution in [0.25, 0.3) is 0 Å². The zero-order valence-electron chi connectivity index (χ0n) is 8.19. The molecule has 0 saturated carbocycles. The van der Waals surface area contributed by atoms with Crippen molar-refractivity contribution >= 4 is 5.97 Å². The number of para-hydroxylation sites is 1. The number of nitrogens with zero attached hydrogens (tertiary/aromatic N) is 1. The van der Waals surface area contributed by atoms with Crippen LogP contribution in [-0.4, -0.2) is 35.2 Å². The number of aromatic hydroxyl groups is 1. The van der Waals surface area contributed by atoms with Crippen molar-refractivity contribution in [1.82, 2.24) is 4.90 Å². The van der Waals surface area contributed by atoms with Gasteiger partial charge in [0.25, 0.3) is 0 Å². The fourth-order valence-corrected chi connectivity index (χ4v) is 1.23. The molecule has 0 aliphatic heterocycles. The second-order valence-electron chi connectivity index (χ2n) is 3.36. The Morgan fingerprint density at radius 1 is 1.43 bits per heavy atom. The van der Waals surface area contributed by atoms with Crippen LogP contribution in [0.1, 0.15) is 15.9 Å². The van der Waals surface area contributed by atoms with Gasteiger partial charge in [0, 0.05) is 12.1 Å². The lowest BCUT2D eigenvalue weighted by atomic mass is 10.1. The number of carboxylic acid groups (broad SMARTS) is 1. The summed E-state index contributed by atoms with van der Waals surface area (Å²) in [6.45, 7) is 0.521. The molecule has 4 nitrogen and oxygen atoms in total. The molecule has 1 aromatic rings. The third-order valence-electron chi connectivity index (χ3n) is 1.84. The molecule has 1 aromatic carbocycles. The van der Waals surface area contributed by atoms with Gasteiger partial charge in [-0.1, -0.05) is 12.1 Å². The lowest BCUT2D eigenvalue weighted by Crippen LogP contribution is -2.11. The van der Waals surface area contributed by atoms with Crippen LogP contribution < -0.4 is 0 Å². The van der Waals surface area contributed by atoms with Gasteiger partial charge in [0.15, 0.2) is 0 Å². The molecule has 14 heavy (non-hydrogen) atoms. The summed E-state index contributed by atoms with van der Waals surface area (Å²) < 4.78 is 0. The average molecular weight is 195 g/mol. The van der Waals surface area contributed by atoms with E-state index in [0.717, 1.165) is 0 Å². The minimum atomic E-state index is -1.11. The highest BCUT2D eigenvalue weighted by Gasteiger charge is 2.12. The smallest absolute Gasteiger partial charge is 0.339 e. The zero-order valence-corrected chi connectivity index (χ0v) is 8.19. The van der Waals surface area contributed by atoms with E-state index in [4.69, 9.17) is 5.11 Å². The standard InChI is InChI=1S/C10H13NO3/c1-11(2)6-7-4-3-5-8(9(7)12)10(13)14/h3-5,12H,6H2,1-2H3,(H,13,14). The number of phenols is 1. The van der Waals surface area contributed by atoms with Crippen LogP contribution in [0.5, 0.6) is 5.75 Å². The Bertz CT molecular complexity index is 347. The first-order chi connectivity index (χ1) is 6.52. The molecular weight excluding hydrogens is 182 g/mol. The first-order valence-corrected chi connectivity index (χ1v) is 4.21. The van der Waals surface area contributed by atoms with Crippen LogP contribution in [0.15, 0.2) is 18.2 Å². The Morgan fingerprint density at radius 2 is 2.07 bits per heavy atom. The lowest BCUT2D eigenvalue weighted by molar-refractivity contribution is 0.0693. The number of rotatable bonds is 3. The molecule has 76 valence electrons. The van der Waals surface area contributed by atoms with Crippen molar-refractivity contribution in [2.24, 2.45) is 0 Å². The number of hydrogen-bond donors (Lipinski definition) is 2. The summed E-state index contributed by atoms with van der Waals surface area (Å²) in [7, 11) is 3.71. The maximum atomic E-state index is 10.7. The highest BCUT2D eigenvalue weighted by molar-refractivity contribution is 5.91. The molecular formula is C10H13NO3. The average Bonchev–Trinajstić information content (AvgIpc) is 2.07. The lowest BCUT2D eigenvalue weighted by Gasteiger charge is -2.12. The summed E-state index contributed by atoms with van der Waals surface area (Å²) in [5.74, 6) is -1.25. The minimum absolute atomic E-state index is 0.0515. The van der Waals surface area contributed by atoms with Crippen molar-refractivity contribution in [2.45, 2.75) is 6.54 Å². The van der Waals surface area contributed by atoms with Crippen molar-refractivity contribution < 1.29 is 15.0 Å². The maximum Gasteiger partial charge on any atom is 0.339 e. The summed E-state index contributed by atoms with van der Waals surface area (Å²) in [6.07, 6.45) is 0. The van der Waals surface area contributed by atoms with Crippen LogP contribution in [0.3, 0.4) is 0 Å². The number of carbonyl (C=O) groups is 1. The quantitative estimate of drug-likeness (QED) is 0.759. The van der Waals surface area contributed by atoms with Gasteiger partial charge in [0.05, 0.1) is 0 Å². The van der Waals surface area contributed by atoms with Gasteiger partial charge in [0.2, 0.25) is 0 Å². The van der Waals surface area contributed by atoms with Crippen molar-refractivity contribution in [3.05, 3.63) is 29.3 Å². The van der Waals surface area contributed by atoms with Gasteiger partial charge >= 0.3 is 5.97 Å². The minimum Gasteiger partial charge on any atom is -0.507 e. The van der Waals surface area contributed by atoms with Crippen LogP contribution in [0.2, 0.25) is 0 Å². The topological polar surface area (TPSA) is 60.8 Å². The zero-order chi connectivity index (χ0) is 10.7. The second-order valence-corrected chi connectivity index (χ2v) is 3.36. The van der Waals surface area contributed by atoms with Gasteiger partial charge in [-0.2, -0.15) is 0 Å². The maximum absolute atomic E-state index is 10.7. The molecule has 0 unspecified atom stereocenters. The van der Waals surface area contributed by atoms with Crippen LogP contribution >= 0.6 is 0 Å². The summed E-state index contributed by atoms with van der Waals surface area (Å²) in [5, 5.41) is 18.4. The SMILES string of the molecule is CN(C)Cc1cccc(C(=O)O)c1O. The van der Waals surface area contributed by atoms with Crippen molar-refractivity contribution in [1.29, 1.82) is 0 Å². The number of carboxylic acids is 1. The summed E-state index contributed by atoms with van der Waals surface area (Å²) >= 11 is 0. The van der Waals surface area contributed by atoms with E-state index in [1.54, 1.807) is 12.1 Å². The van der Waals surface area contributed by atoms with Crippen molar-refractivity contribution in [2.75, 3.05) is 14.1 Å². The Balaban J connectivity index is 3.07. The third kappa shape index (κ3) is 2.23. The van der Waals surface area contributed by atoms with Crippen molar-refractivity contribution in [3.63, 3.8) is 0 Å². The normalized spacial score (nSPS) is 10.5. The van der Waals surface area contributed by atoms with Crippen LogP contribution in [-0.2, 0) is 6.54 Å². The molecule has 0 atom stereocenters. The summed E-state index contributed by atoms with van der Waals surface area (Å²) in [5.41, 5.74) is 0.569. The Morgan fingerprint density at radius 3 is 2.57 bits per heavy atom. The fraction of sp³-hybridized carbons (Fsp3) is 0.300. The van der Waals surface area contributed by atoms with Gasteiger partial charge < -0.3 is 15.1 Å². The highest BCUT2D eigenvalue weighted by Crippen LogP contribution is 2.23.